The molecule has 0 saturated heterocycles. The maximum atomic E-state index is 11.7. The topological polar surface area (TPSA) is 32.3 Å². The summed E-state index contributed by atoms with van der Waals surface area (Å²) in [6.07, 6.45) is 0. The average molecular weight is 294 g/mol. The lowest BCUT2D eigenvalue weighted by Gasteiger charge is -2.17. The molecule has 20 heavy (non-hydrogen) atoms. The van der Waals surface area contributed by atoms with Crippen molar-refractivity contribution in [3.05, 3.63) is 35.4 Å². The molecule has 0 bridgehead atoms. The summed E-state index contributed by atoms with van der Waals surface area (Å²) in [6, 6.07) is 8.47. The first-order valence-corrected chi connectivity index (χ1v) is 8.43. The van der Waals surface area contributed by atoms with E-state index in [0.717, 1.165) is 31.9 Å². The van der Waals surface area contributed by atoms with Crippen LogP contribution in [0.3, 0.4) is 0 Å². The summed E-state index contributed by atoms with van der Waals surface area (Å²) in [5.41, 5.74) is 2.55. The minimum absolute atomic E-state index is 0.134. The molecular formula is C16H26N2OS. The Kier molecular flexibility index (Phi) is 8.38. The van der Waals surface area contributed by atoms with Crippen molar-refractivity contribution in [2.45, 2.75) is 26.5 Å². The highest BCUT2D eigenvalue weighted by Gasteiger charge is 2.03. The molecule has 0 saturated carbocycles. The number of hydrogen-bond acceptors (Lipinski definition) is 3. The van der Waals surface area contributed by atoms with E-state index >= 15 is 0 Å². The summed E-state index contributed by atoms with van der Waals surface area (Å²) in [5, 5.41) is 2.98. The number of nitrogens with zero attached hydrogens (tertiary/aromatic N) is 1. The van der Waals surface area contributed by atoms with Crippen molar-refractivity contribution in [2.75, 3.05) is 31.9 Å². The molecule has 1 aromatic rings. The van der Waals surface area contributed by atoms with E-state index in [1.54, 1.807) is 11.8 Å². The van der Waals surface area contributed by atoms with Crippen LogP contribution in [0.1, 0.15) is 25.0 Å². The van der Waals surface area contributed by atoms with E-state index in [0.29, 0.717) is 5.75 Å². The second-order valence-corrected chi connectivity index (χ2v) is 5.84. The summed E-state index contributed by atoms with van der Waals surface area (Å²) in [6.45, 7) is 10.1. The fourth-order valence-corrected chi connectivity index (χ4v) is 2.71. The van der Waals surface area contributed by atoms with E-state index in [-0.39, 0.29) is 5.91 Å². The molecule has 1 rings (SSSR count). The van der Waals surface area contributed by atoms with Gasteiger partial charge in [-0.25, -0.2) is 0 Å². The van der Waals surface area contributed by atoms with Crippen LogP contribution in [0, 0.1) is 6.92 Å². The molecule has 0 aliphatic carbocycles. The Bertz CT molecular complexity index is 388. The second-order valence-electron chi connectivity index (χ2n) is 4.86. The summed E-state index contributed by atoms with van der Waals surface area (Å²) < 4.78 is 0. The minimum atomic E-state index is 0.134. The molecule has 112 valence electrons. The molecule has 0 spiro atoms. The highest BCUT2D eigenvalue weighted by molar-refractivity contribution is 7.99. The van der Waals surface area contributed by atoms with Gasteiger partial charge in [-0.2, -0.15) is 0 Å². The normalized spacial score (nSPS) is 10.8. The Hall–Kier alpha value is -1.00. The molecule has 1 amide bonds. The number of hydrogen-bond donors (Lipinski definition) is 1. The van der Waals surface area contributed by atoms with Gasteiger partial charge in [0.25, 0.3) is 0 Å². The van der Waals surface area contributed by atoms with Gasteiger partial charge in [-0.1, -0.05) is 43.7 Å². The Balaban J connectivity index is 2.12. The summed E-state index contributed by atoms with van der Waals surface area (Å²) in [7, 11) is 0. The molecule has 0 unspecified atom stereocenters. The largest absolute Gasteiger partial charge is 0.354 e. The lowest BCUT2D eigenvalue weighted by atomic mass is 10.2. The van der Waals surface area contributed by atoms with Gasteiger partial charge in [0.05, 0.1) is 5.75 Å². The maximum Gasteiger partial charge on any atom is 0.230 e. The van der Waals surface area contributed by atoms with Gasteiger partial charge in [0, 0.05) is 18.8 Å². The minimum Gasteiger partial charge on any atom is -0.354 e. The number of benzene rings is 1. The number of thioether (sulfide) groups is 1. The molecule has 0 aromatic heterocycles. The van der Waals surface area contributed by atoms with Crippen molar-refractivity contribution in [2.24, 2.45) is 0 Å². The average Bonchev–Trinajstić information content (AvgIpc) is 2.46. The molecule has 0 aliphatic rings. The van der Waals surface area contributed by atoms with E-state index in [9.17, 15) is 4.79 Å². The Morgan fingerprint density at radius 2 is 1.85 bits per heavy atom. The molecule has 0 fully saturated rings. The van der Waals surface area contributed by atoms with Gasteiger partial charge in [0.1, 0.15) is 0 Å². The molecule has 0 radical (unpaired) electrons. The Morgan fingerprint density at radius 3 is 2.45 bits per heavy atom. The number of nitrogens with one attached hydrogen (secondary N) is 1. The number of carbonyl (C=O) groups is 1. The van der Waals surface area contributed by atoms with E-state index in [2.05, 4.69) is 55.3 Å². The van der Waals surface area contributed by atoms with E-state index in [4.69, 9.17) is 0 Å². The van der Waals surface area contributed by atoms with E-state index in [1.807, 2.05) is 0 Å². The predicted octanol–water partition coefficient (Wildman–Crippen LogP) is 2.69. The third-order valence-electron chi connectivity index (χ3n) is 3.27. The molecule has 0 aliphatic heterocycles. The molecule has 3 nitrogen and oxygen atoms in total. The SMILES string of the molecule is CCN(CC)CCNC(=O)CSCc1ccc(C)cc1. The highest BCUT2D eigenvalue weighted by atomic mass is 32.2. The zero-order valence-corrected chi connectivity index (χ0v) is 13.6. The van der Waals surface area contributed by atoms with Gasteiger partial charge >= 0.3 is 0 Å². The molecular weight excluding hydrogens is 268 g/mol. The fourth-order valence-electron chi connectivity index (χ4n) is 1.89. The number of carbonyl (C=O) groups excluding carboxylic acids is 1. The molecule has 1 aromatic carbocycles. The van der Waals surface area contributed by atoms with Crippen molar-refractivity contribution in [3.8, 4) is 0 Å². The fraction of sp³-hybridized carbons (Fsp3) is 0.562. The van der Waals surface area contributed by atoms with Gasteiger partial charge in [-0.05, 0) is 25.6 Å². The van der Waals surface area contributed by atoms with Gasteiger partial charge in [0.15, 0.2) is 0 Å². The third-order valence-corrected chi connectivity index (χ3v) is 4.27. The van der Waals surface area contributed by atoms with Gasteiger partial charge in [-0.3, -0.25) is 4.79 Å². The number of likely N-dealkylation sites (N-methyl/N-ethyl adjacent to an activating group) is 1. The van der Waals surface area contributed by atoms with Crippen LogP contribution < -0.4 is 5.32 Å². The standard InChI is InChI=1S/C16H26N2OS/c1-4-18(5-2)11-10-17-16(19)13-20-12-15-8-6-14(3)7-9-15/h6-9H,4-5,10-13H2,1-3H3,(H,17,19). The number of aryl methyl sites for hydroxylation is 1. The Labute approximate surface area is 127 Å². The second kappa shape index (κ2) is 9.83. The molecule has 0 heterocycles. The summed E-state index contributed by atoms with van der Waals surface area (Å²) in [4.78, 5) is 14.0. The zero-order valence-electron chi connectivity index (χ0n) is 12.8. The smallest absolute Gasteiger partial charge is 0.230 e. The van der Waals surface area contributed by atoms with Crippen LogP contribution in [-0.2, 0) is 10.5 Å². The first kappa shape index (κ1) is 17.1. The molecule has 1 N–H and O–H groups in total. The number of amides is 1. The van der Waals surface area contributed by atoms with Gasteiger partial charge < -0.3 is 10.2 Å². The molecule has 0 atom stereocenters. The first-order chi connectivity index (χ1) is 9.65. The van der Waals surface area contributed by atoms with Gasteiger partial charge in [-0.15, -0.1) is 11.8 Å². The van der Waals surface area contributed by atoms with Crippen LogP contribution in [0.5, 0.6) is 0 Å². The van der Waals surface area contributed by atoms with Gasteiger partial charge in [0.2, 0.25) is 5.91 Å². The summed E-state index contributed by atoms with van der Waals surface area (Å²) in [5.74, 6) is 1.56. The number of rotatable bonds is 9. The van der Waals surface area contributed by atoms with Crippen molar-refractivity contribution in [3.63, 3.8) is 0 Å². The maximum absolute atomic E-state index is 11.7. The highest BCUT2D eigenvalue weighted by Crippen LogP contribution is 2.12. The molecule has 4 heteroatoms. The van der Waals surface area contributed by atoms with Crippen molar-refractivity contribution >= 4 is 17.7 Å². The monoisotopic (exact) mass is 294 g/mol. The van der Waals surface area contributed by atoms with Crippen LogP contribution in [0.4, 0.5) is 0 Å². The van der Waals surface area contributed by atoms with E-state index in [1.165, 1.54) is 11.1 Å². The first-order valence-electron chi connectivity index (χ1n) is 7.28. The van der Waals surface area contributed by atoms with Crippen LogP contribution in [0.2, 0.25) is 0 Å². The van der Waals surface area contributed by atoms with Crippen molar-refractivity contribution in [1.82, 2.24) is 10.2 Å². The Morgan fingerprint density at radius 1 is 1.20 bits per heavy atom. The summed E-state index contributed by atoms with van der Waals surface area (Å²) >= 11 is 1.67. The lowest BCUT2D eigenvalue weighted by Crippen LogP contribution is -2.35. The van der Waals surface area contributed by atoms with Crippen LogP contribution in [-0.4, -0.2) is 42.7 Å². The van der Waals surface area contributed by atoms with Crippen molar-refractivity contribution in [1.29, 1.82) is 0 Å². The van der Waals surface area contributed by atoms with Crippen molar-refractivity contribution < 1.29 is 4.79 Å². The van der Waals surface area contributed by atoms with E-state index < -0.39 is 0 Å². The lowest BCUT2D eigenvalue weighted by molar-refractivity contribution is -0.118. The van der Waals surface area contributed by atoms with Crippen LogP contribution in [0.15, 0.2) is 24.3 Å². The third kappa shape index (κ3) is 6.96. The zero-order chi connectivity index (χ0) is 14.8. The van der Waals surface area contributed by atoms with Crippen LogP contribution >= 0.6 is 11.8 Å². The van der Waals surface area contributed by atoms with Crippen LogP contribution in [0.25, 0.3) is 0 Å². The quantitative estimate of drug-likeness (QED) is 0.760. The predicted molar refractivity (Wildman–Crippen MR) is 88.1 cm³/mol.